The summed E-state index contributed by atoms with van der Waals surface area (Å²) in [5, 5.41) is 9.30. The van der Waals surface area contributed by atoms with E-state index in [0.29, 0.717) is 19.4 Å². The molecule has 126 valence electrons. The molecule has 6 heteroatoms. The minimum atomic E-state index is -0.932. The van der Waals surface area contributed by atoms with Crippen molar-refractivity contribution in [1.29, 1.82) is 0 Å². The highest BCUT2D eigenvalue weighted by Gasteiger charge is 2.39. The van der Waals surface area contributed by atoms with Gasteiger partial charge in [-0.1, -0.05) is 13.0 Å². The predicted molar refractivity (Wildman–Crippen MR) is 80.9 cm³/mol. The molecular weight excluding hydrogens is 304 g/mol. The number of hydrogen-bond acceptors (Lipinski definition) is 2. The SMILES string of the molecule is CC(CC(=O)N1CCCC(C)(C(=O)O)C1)c1ccc(F)cc1F. The predicted octanol–water partition coefficient (Wildman–Crippen LogP) is 3.17. The molecule has 1 heterocycles. The van der Waals surface area contributed by atoms with Crippen LogP contribution < -0.4 is 0 Å². The lowest BCUT2D eigenvalue weighted by atomic mass is 9.81. The van der Waals surface area contributed by atoms with Crippen molar-refractivity contribution in [2.45, 2.75) is 39.0 Å². The quantitative estimate of drug-likeness (QED) is 0.925. The number of amides is 1. The van der Waals surface area contributed by atoms with E-state index in [-0.39, 0.29) is 24.4 Å². The summed E-state index contributed by atoms with van der Waals surface area (Å²) >= 11 is 0. The molecule has 1 amide bonds. The second-order valence-electron chi connectivity index (χ2n) is 6.56. The summed E-state index contributed by atoms with van der Waals surface area (Å²) in [5.74, 6) is -2.83. The number of benzene rings is 1. The van der Waals surface area contributed by atoms with Crippen LogP contribution in [0.2, 0.25) is 0 Å². The molecule has 23 heavy (non-hydrogen) atoms. The molecule has 0 saturated carbocycles. The lowest BCUT2D eigenvalue weighted by molar-refractivity contribution is -0.153. The smallest absolute Gasteiger partial charge is 0.311 e. The van der Waals surface area contributed by atoms with Crippen LogP contribution in [-0.2, 0) is 9.59 Å². The van der Waals surface area contributed by atoms with Gasteiger partial charge in [0, 0.05) is 25.6 Å². The van der Waals surface area contributed by atoms with Gasteiger partial charge in [0.05, 0.1) is 5.41 Å². The fourth-order valence-electron chi connectivity index (χ4n) is 3.03. The highest BCUT2D eigenvalue weighted by Crippen LogP contribution is 2.31. The third-order valence-corrected chi connectivity index (χ3v) is 4.54. The van der Waals surface area contributed by atoms with E-state index in [0.717, 1.165) is 6.07 Å². The molecule has 2 atom stereocenters. The number of carbonyl (C=O) groups excluding carboxylic acids is 1. The normalized spacial score (nSPS) is 22.7. The Bertz CT molecular complexity index is 620. The van der Waals surface area contributed by atoms with E-state index in [1.807, 2.05) is 0 Å². The van der Waals surface area contributed by atoms with Crippen molar-refractivity contribution in [3.63, 3.8) is 0 Å². The van der Waals surface area contributed by atoms with Crippen molar-refractivity contribution in [2.75, 3.05) is 13.1 Å². The van der Waals surface area contributed by atoms with E-state index in [2.05, 4.69) is 0 Å². The topological polar surface area (TPSA) is 57.6 Å². The van der Waals surface area contributed by atoms with Crippen LogP contribution in [0.3, 0.4) is 0 Å². The summed E-state index contributed by atoms with van der Waals surface area (Å²) in [7, 11) is 0. The van der Waals surface area contributed by atoms with Crippen LogP contribution >= 0.6 is 0 Å². The van der Waals surface area contributed by atoms with Gasteiger partial charge in [-0.25, -0.2) is 8.78 Å². The van der Waals surface area contributed by atoms with E-state index < -0.39 is 28.9 Å². The molecule has 1 aromatic rings. The first kappa shape index (κ1) is 17.4. The van der Waals surface area contributed by atoms with Crippen LogP contribution in [0.5, 0.6) is 0 Å². The number of carbonyl (C=O) groups is 2. The Labute approximate surface area is 134 Å². The van der Waals surface area contributed by atoms with Crippen LogP contribution in [0.4, 0.5) is 8.78 Å². The number of piperidine rings is 1. The molecule has 1 aliphatic rings. The fraction of sp³-hybridized carbons (Fsp3) is 0.529. The first-order chi connectivity index (χ1) is 10.7. The number of carboxylic acids is 1. The summed E-state index contributed by atoms with van der Waals surface area (Å²) in [6.07, 6.45) is 1.24. The molecule has 1 saturated heterocycles. The van der Waals surface area contributed by atoms with Crippen molar-refractivity contribution in [2.24, 2.45) is 5.41 Å². The largest absolute Gasteiger partial charge is 0.481 e. The van der Waals surface area contributed by atoms with Crippen molar-refractivity contribution in [3.05, 3.63) is 35.4 Å². The van der Waals surface area contributed by atoms with Gasteiger partial charge in [-0.3, -0.25) is 9.59 Å². The molecule has 0 spiro atoms. The number of carboxylic acid groups (broad SMARTS) is 1. The standard InChI is InChI=1S/C17H21F2NO3/c1-11(13-5-4-12(18)9-14(13)19)8-15(21)20-7-3-6-17(2,10-20)16(22)23/h4-5,9,11H,3,6-8,10H2,1-2H3,(H,22,23). The maximum Gasteiger partial charge on any atom is 0.311 e. The number of hydrogen-bond donors (Lipinski definition) is 1. The van der Waals surface area contributed by atoms with Gasteiger partial charge in [0.15, 0.2) is 0 Å². The summed E-state index contributed by atoms with van der Waals surface area (Å²) in [5.41, 5.74) is -0.643. The van der Waals surface area contributed by atoms with Gasteiger partial charge in [-0.15, -0.1) is 0 Å². The minimum Gasteiger partial charge on any atom is -0.481 e. The van der Waals surface area contributed by atoms with Crippen LogP contribution in [0.1, 0.15) is 44.6 Å². The lowest BCUT2D eigenvalue weighted by Crippen LogP contribution is -2.48. The van der Waals surface area contributed by atoms with Gasteiger partial charge in [0.2, 0.25) is 5.91 Å². The van der Waals surface area contributed by atoms with Crippen molar-refractivity contribution in [1.82, 2.24) is 4.90 Å². The molecule has 0 aliphatic carbocycles. The second kappa shape index (κ2) is 6.64. The molecular formula is C17H21F2NO3. The Kier molecular flexibility index (Phi) is 5.02. The molecule has 1 fully saturated rings. The van der Waals surface area contributed by atoms with E-state index in [1.165, 1.54) is 17.0 Å². The highest BCUT2D eigenvalue weighted by atomic mass is 19.1. The monoisotopic (exact) mass is 325 g/mol. The van der Waals surface area contributed by atoms with Gasteiger partial charge < -0.3 is 10.0 Å². The highest BCUT2D eigenvalue weighted by molar-refractivity contribution is 5.80. The van der Waals surface area contributed by atoms with Gasteiger partial charge in [0.25, 0.3) is 0 Å². The zero-order valence-corrected chi connectivity index (χ0v) is 13.3. The van der Waals surface area contributed by atoms with E-state index >= 15 is 0 Å². The molecule has 1 aliphatic heterocycles. The van der Waals surface area contributed by atoms with Crippen LogP contribution in [0.15, 0.2) is 18.2 Å². The second-order valence-corrected chi connectivity index (χ2v) is 6.56. The molecule has 0 aromatic heterocycles. The summed E-state index contributed by atoms with van der Waals surface area (Å²) in [4.78, 5) is 25.3. The maximum atomic E-state index is 13.8. The average Bonchev–Trinajstić information content (AvgIpc) is 2.46. The minimum absolute atomic E-state index is 0.0677. The van der Waals surface area contributed by atoms with E-state index in [4.69, 9.17) is 0 Å². The Morgan fingerprint density at radius 1 is 1.39 bits per heavy atom. The molecule has 4 nitrogen and oxygen atoms in total. The van der Waals surface area contributed by atoms with E-state index in [1.54, 1.807) is 13.8 Å². The van der Waals surface area contributed by atoms with Gasteiger partial charge in [0.1, 0.15) is 11.6 Å². The Hall–Kier alpha value is -1.98. The van der Waals surface area contributed by atoms with Crippen molar-refractivity contribution in [3.8, 4) is 0 Å². The summed E-state index contributed by atoms with van der Waals surface area (Å²) < 4.78 is 26.7. The first-order valence-electron chi connectivity index (χ1n) is 7.69. The zero-order chi connectivity index (χ0) is 17.2. The molecule has 2 rings (SSSR count). The van der Waals surface area contributed by atoms with Crippen LogP contribution in [0, 0.1) is 17.0 Å². The number of nitrogens with zero attached hydrogens (tertiary/aromatic N) is 1. The molecule has 1 N–H and O–H groups in total. The average molecular weight is 325 g/mol. The first-order valence-corrected chi connectivity index (χ1v) is 7.69. The van der Waals surface area contributed by atoms with Gasteiger partial charge in [-0.2, -0.15) is 0 Å². The number of likely N-dealkylation sites (tertiary alicyclic amines) is 1. The number of aliphatic carboxylic acids is 1. The van der Waals surface area contributed by atoms with Gasteiger partial charge >= 0.3 is 5.97 Å². The summed E-state index contributed by atoms with van der Waals surface area (Å²) in [6, 6.07) is 3.32. The Morgan fingerprint density at radius 3 is 2.70 bits per heavy atom. The Morgan fingerprint density at radius 2 is 2.09 bits per heavy atom. The van der Waals surface area contributed by atoms with Crippen molar-refractivity contribution < 1.29 is 23.5 Å². The van der Waals surface area contributed by atoms with Crippen LogP contribution in [0.25, 0.3) is 0 Å². The zero-order valence-electron chi connectivity index (χ0n) is 13.3. The Balaban J connectivity index is 2.05. The number of rotatable bonds is 4. The number of halogens is 2. The molecule has 1 aromatic carbocycles. The van der Waals surface area contributed by atoms with Crippen molar-refractivity contribution >= 4 is 11.9 Å². The third kappa shape index (κ3) is 3.86. The fourth-order valence-corrected chi connectivity index (χ4v) is 3.03. The van der Waals surface area contributed by atoms with Gasteiger partial charge in [-0.05, 0) is 37.3 Å². The van der Waals surface area contributed by atoms with Crippen LogP contribution in [-0.4, -0.2) is 35.0 Å². The lowest BCUT2D eigenvalue weighted by Gasteiger charge is -2.38. The van der Waals surface area contributed by atoms with E-state index in [9.17, 15) is 23.5 Å². The molecule has 0 radical (unpaired) electrons. The summed E-state index contributed by atoms with van der Waals surface area (Å²) in [6.45, 7) is 4.02. The molecule has 0 bridgehead atoms. The molecule has 2 unspecified atom stereocenters. The third-order valence-electron chi connectivity index (χ3n) is 4.54. The maximum absolute atomic E-state index is 13.8.